The zero-order valence-electron chi connectivity index (χ0n) is 15.8. The lowest BCUT2D eigenvalue weighted by Crippen LogP contribution is -2.31. The highest BCUT2D eigenvalue weighted by Gasteiger charge is 2.28. The summed E-state index contributed by atoms with van der Waals surface area (Å²) >= 11 is 0. The number of nitrogens with zero attached hydrogens (tertiary/aromatic N) is 3. The number of nitrogens with two attached hydrogens (primary N) is 1. The van der Waals surface area contributed by atoms with Crippen LogP contribution in [0.5, 0.6) is 17.2 Å². The number of benzene rings is 2. The average molecular weight is 391 g/mol. The molecule has 0 saturated carbocycles. The number of aliphatic imine (C=N–C) groups is 1. The molecule has 3 heterocycles. The Kier molecular flexibility index (Phi) is 4.23. The minimum Gasteiger partial charge on any atom is -0.489 e. The Labute approximate surface area is 167 Å². The summed E-state index contributed by atoms with van der Waals surface area (Å²) in [7, 11) is 0. The predicted octanol–water partition coefficient (Wildman–Crippen LogP) is 3.05. The lowest BCUT2D eigenvalue weighted by molar-refractivity contribution is 0.297. The summed E-state index contributed by atoms with van der Waals surface area (Å²) in [6.45, 7) is 5.36. The number of aromatic nitrogens is 2. The van der Waals surface area contributed by atoms with Crippen LogP contribution in [0.3, 0.4) is 0 Å². The second kappa shape index (κ2) is 7.05. The van der Waals surface area contributed by atoms with Gasteiger partial charge in [-0.05, 0) is 6.07 Å². The molecule has 0 aliphatic carbocycles. The molecule has 3 aromatic rings. The normalized spacial score (nSPS) is 17.7. The van der Waals surface area contributed by atoms with E-state index in [4.69, 9.17) is 24.9 Å². The average Bonchev–Trinajstić information content (AvgIpc) is 2.91. The Morgan fingerprint density at radius 1 is 1.24 bits per heavy atom. The molecule has 0 bridgehead atoms. The fourth-order valence-corrected chi connectivity index (χ4v) is 3.61. The van der Waals surface area contributed by atoms with Crippen LogP contribution in [0.2, 0.25) is 0 Å². The Morgan fingerprint density at radius 2 is 2.03 bits per heavy atom. The number of hydrogen-bond donors (Lipinski definition) is 2. The SMILES string of the molecule is C=CCOc1ccccc1[C@@H]1N=C(N)Nc2nc3cc4c(cc3n21)OCCCO4. The third kappa shape index (κ3) is 3.02. The van der Waals surface area contributed by atoms with E-state index in [2.05, 4.69) is 16.9 Å². The Morgan fingerprint density at radius 3 is 2.86 bits per heavy atom. The zero-order chi connectivity index (χ0) is 19.8. The number of hydrogen-bond acceptors (Lipinski definition) is 7. The van der Waals surface area contributed by atoms with E-state index in [0.29, 0.717) is 43.2 Å². The van der Waals surface area contributed by atoms with Gasteiger partial charge in [0.25, 0.3) is 0 Å². The number of fused-ring (bicyclic) bond motifs is 4. The van der Waals surface area contributed by atoms with Gasteiger partial charge in [0.15, 0.2) is 23.6 Å². The van der Waals surface area contributed by atoms with E-state index in [1.807, 2.05) is 41.0 Å². The minimum atomic E-state index is -0.429. The van der Waals surface area contributed by atoms with Gasteiger partial charge in [0, 0.05) is 24.1 Å². The van der Waals surface area contributed by atoms with Crippen LogP contribution in [0.25, 0.3) is 11.0 Å². The van der Waals surface area contributed by atoms with Crippen LogP contribution in [0.4, 0.5) is 5.95 Å². The molecule has 29 heavy (non-hydrogen) atoms. The van der Waals surface area contributed by atoms with Crippen LogP contribution in [0, 0.1) is 0 Å². The summed E-state index contributed by atoms with van der Waals surface area (Å²) < 4.78 is 19.5. The molecule has 148 valence electrons. The van der Waals surface area contributed by atoms with E-state index in [1.54, 1.807) is 6.08 Å². The van der Waals surface area contributed by atoms with E-state index in [-0.39, 0.29) is 0 Å². The highest BCUT2D eigenvalue weighted by Crippen LogP contribution is 2.40. The van der Waals surface area contributed by atoms with Gasteiger partial charge in [0.05, 0.1) is 24.2 Å². The molecule has 0 radical (unpaired) electrons. The highest BCUT2D eigenvalue weighted by atomic mass is 16.5. The second-order valence-electron chi connectivity index (χ2n) is 6.79. The molecule has 0 unspecified atom stereocenters. The maximum Gasteiger partial charge on any atom is 0.212 e. The lowest BCUT2D eigenvalue weighted by atomic mass is 10.1. The lowest BCUT2D eigenvalue weighted by Gasteiger charge is -2.25. The number of para-hydroxylation sites is 1. The first-order valence-electron chi connectivity index (χ1n) is 9.49. The molecule has 0 spiro atoms. The number of ether oxygens (including phenoxy) is 3. The van der Waals surface area contributed by atoms with Gasteiger partial charge in [-0.2, -0.15) is 0 Å². The van der Waals surface area contributed by atoms with Gasteiger partial charge in [-0.1, -0.05) is 30.9 Å². The quantitative estimate of drug-likeness (QED) is 0.664. The van der Waals surface area contributed by atoms with Crippen LogP contribution < -0.4 is 25.3 Å². The second-order valence-corrected chi connectivity index (χ2v) is 6.79. The van der Waals surface area contributed by atoms with Crippen molar-refractivity contribution >= 4 is 22.9 Å². The fourth-order valence-electron chi connectivity index (χ4n) is 3.61. The van der Waals surface area contributed by atoms with Crippen LogP contribution >= 0.6 is 0 Å². The molecule has 0 fully saturated rings. The van der Waals surface area contributed by atoms with Gasteiger partial charge in [-0.15, -0.1) is 0 Å². The number of nitrogens with one attached hydrogen (secondary N) is 1. The number of anilines is 1. The van der Waals surface area contributed by atoms with E-state index in [0.717, 1.165) is 28.8 Å². The number of imidazole rings is 1. The van der Waals surface area contributed by atoms with Crippen LogP contribution in [0.15, 0.2) is 54.0 Å². The zero-order valence-corrected chi connectivity index (χ0v) is 15.8. The Balaban J connectivity index is 1.68. The Hall–Kier alpha value is -3.68. The molecule has 0 saturated heterocycles. The van der Waals surface area contributed by atoms with Gasteiger partial charge in [-0.25, -0.2) is 9.98 Å². The molecule has 3 N–H and O–H groups in total. The first-order valence-corrected chi connectivity index (χ1v) is 9.49. The summed E-state index contributed by atoms with van der Waals surface area (Å²) in [6, 6.07) is 11.6. The molecular formula is C21H21N5O3. The third-order valence-electron chi connectivity index (χ3n) is 4.86. The van der Waals surface area contributed by atoms with Crippen molar-refractivity contribution in [2.75, 3.05) is 25.1 Å². The Bertz CT molecular complexity index is 1120. The summed E-state index contributed by atoms with van der Waals surface area (Å²) in [5, 5.41) is 3.06. The topological polar surface area (TPSA) is 95.9 Å². The van der Waals surface area contributed by atoms with Gasteiger partial charge in [0.1, 0.15) is 12.4 Å². The van der Waals surface area contributed by atoms with Gasteiger partial charge in [-0.3, -0.25) is 9.88 Å². The molecule has 2 aromatic carbocycles. The van der Waals surface area contributed by atoms with Crippen molar-refractivity contribution in [1.82, 2.24) is 9.55 Å². The fraction of sp³-hybridized carbons (Fsp3) is 0.238. The molecule has 0 amide bonds. The molecule has 8 nitrogen and oxygen atoms in total. The maximum absolute atomic E-state index is 6.07. The van der Waals surface area contributed by atoms with E-state index >= 15 is 0 Å². The predicted molar refractivity (Wildman–Crippen MR) is 111 cm³/mol. The smallest absolute Gasteiger partial charge is 0.212 e. The molecule has 2 aliphatic rings. The molecule has 1 atom stereocenters. The monoisotopic (exact) mass is 391 g/mol. The highest BCUT2D eigenvalue weighted by molar-refractivity contribution is 5.95. The first kappa shape index (κ1) is 17.4. The van der Waals surface area contributed by atoms with Crippen molar-refractivity contribution in [3.8, 4) is 17.2 Å². The summed E-state index contributed by atoms with van der Waals surface area (Å²) in [5.41, 5.74) is 8.60. The van der Waals surface area contributed by atoms with Gasteiger partial charge in [0.2, 0.25) is 5.95 Å². The van der Waals surface area contributed by atoms with Crippen LogP contribution in [0.1, 0.15) is 18.2 Å². The van der Waals surface area contributed by atoms with Crippen molar-refractivity contribution in [3.05, 3.63) is 54.6 Å². The molecule has 2 aliphatic heterocycles. The minimum absolute atomic E-state index is 0.297. The third-order valence-corrected chi connectivity index (χ3v) is 4.86. The molecular weight excluding hydrogens is 370 g/mol. The van der Waals surface area contributed by atoms with E-state index in [9.17, 15) is 0 Å². The van der Waals surface area contributed by atoms with Crippen LogP contribution in [-0.4, -0.2) is 35.3 Å². The van der Waals surface area contributed by atoms with E-state index in [1.165, 1.54) is 0 Å². The molecule has 5 rings (SSSR count). The standard InChI is InChI=1S/C21H21N5O3/c1-2-8-27-16-7-4-3-6-13(16)19-24-20(22)25-21-23-14-11-17-18(12-15(14)26(19)21)29-10-5-9-28-17/h2-4,6-7,11-12,19H,1,5,8-10H2,(H3,22,23,24,25)/t19-/m1/s1. The largest absolute Gasteiger partial charge is 0.489 e. The van der Waals surface area contributed by atoms with Crippen molar-refractivity contribution in [2.24, 2.45) is 10.7 Å². The van der Waals surface area contributed by atoms with Crippen LogP contribution in [-0.2, 0) is 0 Å². The van der Waals surface area contributed by atoms with Crippen molar-refractivity contribution in [2.45, 2.75) is 12.6 Å². The summed E-state index contributed by atoms with van der Waals surface area (Å²) in [5.74, 6) is 3.03. The van der Waals surface area contributed by atoms with Gasteiger partial charge < -0.3 is 19.9 Å². The van der Waals surface area contributed by atoms with Gasteiger partial charge >= 0.3 is 0 Å². The number of rotatable bonds is 4. The van der Waals surface area contributed by atoms with Crippen molar-refractivity contribution < 1.29 is 14.2 Å². The van der Waals surface area contributed by atoms with Crippen molar-refractivity contribution in [1.29, 1.82) is 0 Å². The number of guanidine groups is 1. The first-order chi connectivity index (χ1) is 14.2. The maximum atomic E-state index is 6.07. The molecule has 8 heteroatoms. The molecule has 1 aromatic heterocycles. The summed E-state index contributed by atoms with van der Waals surface area (Å²) in [6.07, 6.45) is 2.12. The summed E-state index contributed by atoms with van der Waals surface area (Å²) in [4.78, 5) is 9.35. The van der Waals surface area contributed by atoms with E-state index < -0.39 is 6.17 Å². The van der Waals surface area contributed by atoms with Crippen molar-refractivity contribution in [3.63, 3.8) is 0 Å².